The second-order valence-corrected chi connectivity index (χ2v) is 4.65. The fourth-order valence-electron chi connectivity index (χ4n) is 1.94. The van der Waals surface area contributed by atoms with Crippen molar-refractivity contribution >= 4 is 11.4 Å². The third-order valence-electron chi connectivity index (χ3n) is 3.10. The van der Waals surface area contributed by atoms with Crippen LogP contribution in [0.4, 0.5) is 11.4 Å². The molecule has 0 saturated heterocycles. The first kappa shape index (κ1) is 15.2. The molecule has 0 aliphatic heterocycles. The molecule has 110 valence electrons. The average molecular weight is 286 g/mol. The Balaban J connectivity index is 2.12. The van der Waals surface area contributed by atoms with Gasteiger partial charge in [0.1, 0.15) is 5.69 Å². The number of rotatable bonds is 6. The summed E-state index contributed by atoms with van der Waals surface area (Å²) in [6.07, 6.45) is 1.16. The first-order chi connectivity index (χ1) is 10.2. The highest BCUT2D eigenvalue weighted by molar-refractivity contribution is 5.38. The van der Waals surface area contributed by atoms with E-state index in [4.69, 9.17) is 10.2 Å². The number of nitrogens with zero attached hydrogens (tertiary/aromatic N) is 2. The molecule has 0 radical (unpaired) electrons. The number of aliphatic hydroxyl groups excluding tert-OH is 2. The van der Waals surface area contributed by atoms with E-state index < -0.39 is 0 Å². The molecule has 0 fully saturated rings. The molecule has 5 nitrogen and oxygen atoms in total. The summed E-state index contributed by atoms with van der Waals surface area (Å²) in [6, 6.07) is 14.1. The van der Waals surface area contributed by atoms with Crippen LogP contribution in [0.15, 0.2) is 53.6 Å². The summed E-state index contributed by atoms with van der Waals surface area (Å²) >= 11 is 0. The fraction of sp³-hybridized carbons (Fsp3) is 0.250. The average Bonchev–Trinajstić information content (AvgIpc) is 2.50. The summed E-state index contributed by atoms with van der Waals surface area (Å²) < 4.78 is 0. The van der Waals surface area contributed by atoms with E-state index in [1.165, 1.54) is 0 Å². The minimum atomic E-state index is 0.0883. The Bertz CT molecular complexity index is 592. The SMILES string of the molecule is [O-][N+](=Nc1ccc(CCO)cc1)c1ccc(CCO)cc1. The second kappa shape index (κ2) is 7.52. The highest BCUT2D eigenvalue weighted by Gasteiger charge is 2.04. The fourth-order valence-corrected chi connectivity index (χ4v) is 1.94. The van der Waals surface area contributed by atoms with Crippen molar-refractivity contribution in [3.05, 3.63) is 64.9 Å². The van der Waals surface area contributed by atoms with E-state index in [1.54, 1.807) is 36.4 Å². The topological polar surface area (TPSA) is 78.9 Å². The molecule has 0 amide bonds. The third-order valence-corrected chi connectivity index (χ3v) is 3.10. The van der Waals surface area contributed by atoms with Crippen LogP contribution in [-0.4, -0.2) is 28.3 Å². The van der Waals surface area contributed by atoms with E-state index in [9.17, 15) is 5.21 Å². The first-order valence-electron chi connectivity index (χ1n) is 6.81. The lowest BCUT2D eigenvalue weighted by atomic mass is 10.1. The van der Waals surface area contributed by atoms with Crippen molar-refractivity contribution in [1.82, 2.24) is 0 Å². The van der Waals surface area contributed by atoms with Crippen LogP contribution in [-0.2, 0) is 12.8 Å². The summed E-state index contributed by atoms with van der Waals surface area (Å²) in [7, 11) is 0. The van der Waals surface area contributed by atoms with Gasteiger partial charge in [0.05, 0.1) is 0 Å². The van der Waals surface area contributed by atoms with E-state index >= 15 is 0 Å². The van der Waals surface area contributed by atoms with Crippen molar-refractivity contribution in [3.8, 4) is 0 Å². The van der Waals surface area contributed by atoms with Gasteiger partial charge in [0, 0.05) is 30.5 Å². The van der Waals surface area contributed by atoms with E-state index in [1.807, 2.05) is 12.1 Å². The maximum atomic E-state index is 12.0. The maximum absolute atomic E-state index is 12.0. The number of aliphatic hydroxyl groups is 2. The number of hydrogen-bond donors (Lipinski definition) is 2. The molecule has 0 spiro atoms. The van der Waals surface area contributed by atoms with Crippen molar-refractivity contribution in [2.24, 2.45) is 5.11 Å². The highest BCUT2D eigenvalue weighted by Crippen LogP contribution is 2.19. The molecular formula is C16H18N2O3. The molecule has 5 heteroatoms. The largest absolute Gasteiger partial charge is 0.594 e. The summed E-state index contributed by atoms with van der Waals surface area (Å²) in [5, 5.41) is 33.6. The van der Waals surface area contributed by atoms with Gasteiger partial charge in [0.2, 0.25) is 5.69 Å². The van der Waals surface area contributed by atoms with Gasteiger partial charge in [-0.3, -0.25) is 0 Å². The van der Waals surface area contributed by atoms with Crippen molar-refractivity contribution in [1.29, 1.82) is 0 Å². The summed E-state index contributed by atoms with van der Waals surface area (Å²) in [5.41, 5.74) is 2.98. The van der Waals surface area contributed by atoms with Crippen LogP contribution in [0.2, 0.25) is 0 Å². The molecule has 0 aliphatic carbocycles. The molecule has 0 aliphatic rings. The zero-order chi connectivity index (χ0) is 15.1. The number of azo groups is 1. The second-order valence-electron chi connectivity index (χ2n) is 4.65. The van der Waals surface area contributed by atoms with Gasteiger partial charge < -0.3 is 15.4 Å². The molecule has 2 N–H and O–H groups in total. The third kappa shape index (κ3) is 4.37. The molecule has 0 saturated carbocycles. The molecule has 0 atom stereocenters. The standard InChI is InChI=1S/C16H18N2O3/c19-11-9-13-1-5-15(6-2-13)17-18(21)16-7-3-14(4-8-16)10-12-20/h1-8,19-20H,9-12H2. The summed E-state index contributed by atoms with van der Waals surface area (Å²) in [4.78, 5) is 0.573. The van der Waals surface area contributed by atoms with E-state index in [-0.39, 0.29) is 13.2 Å². The lowest BCUT2D eigenvalue weighted by Gasteiger charge is -2.02. The Morgan fingerprint density at radius 2 is 1.29 bits per heavy atom. The van der Waals surface area contributed by atoms with Gasteiger partial charge in [0.25, 0.3) is 0 Å². The van der Waals surface area contributed by atoms with Gasteiger partial charge in [-0.15, -0.1) is 0 Å². The molecule has 0 aromatic heterocycles. The number of benzene rings is 2. The van der Waals surface area contributed by atoms with Gasteiger partial charge in [-0.05, 0) is 36.1 Å². The summed E-state index contributed by atoms with van der Waals surface area (Å²) in [6.45, 7) is 0.190. The molecule has 0 bridgehead atoms. The van der Waals surface area contributed by atoms with Crippen LogP contribution in [0.1, 0.15) is 11.1 Å². The lowest BCUT2D eigenvalue weighted by Crippen LogP contribution is -1.93. The van der Waals surface area contributed by atoms with Crippen LogP contribution in [0.5, 0.6) is 0 Å². The van der Waals surface area contributed by atoms with Gasteiger partial charge in [-0.25, -0.2) is 0 Å². The quantitative estimate of drug-likeness (QED) is 0.487. The van der Waals surface area contributed by atoms with E-state index in [2.05, 4.69) is 5.11 Å². The maximum Gasteiger partial charge on any atom is 0.244 e. The molecule has 2 aromatic rings. The lowest BCUT2D eigenvalue weighted by molar-refractivity contribution is -0.435. The minimum Gasteiger partial charge on any atom is -0.594 e. The van der Waals surface area contributed by atoms with Gasteiger partial charge in [0.15, 0.2) is 0 Å². The molecule has 21 heavy (non-hydrogen) atoms. The predicted octanol–water partition coefficient (Wildman–Crippen LogP) is 2.68. The van der Waals surface area contributed by atoms with E-state index in [0.717, 1.165) is 11.1 Å². The zero-order valence-electron chi connectivity index (χ0n) is 11.6. The number of hydrogen-bond acceptors (Lipinski definition) is 4. The Morgan fingerprint density at radius 3 is 1.76 bits per heavy atom. The monoisotopic (exact) mass is 286 g/mol. The normalized spacial score (nSPS) is 11.6. The van der Waals surface area contributed by atoms with Crippen LogP contribution in [0, 0.1) is 5.21 Å². The highest BCUT2D eigenvalue weighted by atomic mass is 16.5. The molecule has 2 rings (SSSR count). The van der Waals surface area contributed by atoms with Crippen molar-refractivity contribution in [2.45, 2.75) is 12.8 Å². The van der Waals surface area contributed by atoms with Gasteiger partial charge >= 0.3 is 0 Å². The van der Waals surface area contributed by atoms with Crippen LogP contribution >= 0.6 is 0 Å². The van der Waals surface area contributed by atoms with Crippen LogP contribution in [0.25, 0.3) is 0 Å². The molecule has 0 unspecified atom stereocenters. The van der Waals surface area contributed by atoms with Crippen molar-refractivity contribution in [3.63, 3.8) is 0 Å². The molecule has 2 aromatic carbocycles. The zero-order valence-corrected chi connectivity index (χ0v) is 11.6. The van der Waals surface area contributed by atoms with Gasteiger partial charge in [-0.1, -0.05) is 29.1 Å². The molecule has 0 heterocycles. The first-order valence-corrected chi connectivity index (χ1v) is 6.81. The minimum absolute atomic E-state index is 0.0883. The van der Waals surface area contributed by atoms with Crippen LogP contribution in [0.3, 0.4) is 0 Å². The smallest absolute Gasteiger partial charge is 0.244 e. The Morgan fingerprint density at radius 1 is 0.810 bits per heavy atom. The Labute approximate surface area is 123 Å². The summed E-state index contributed by atoms with van der Waals surface area (Å²) in [5.74, 6) is 0. The van der Waals surface area contributed by atoms with Gasteiger partial charge in [-0.2, -0.15) is 0 Å². The predicted molar refractivity (Wildman–Crippen MR) is 79.8 cm³/mol. The van der Waals surface area contributed by atoms with Crippen molar-refractivity contribution < 1.29 is 15.1 Å². The Kier molecular flexibility index (Phi) is 5.43. The molecular weight excluding hydrogens is 268 g/mol. The van der Waals surface area contributed by atoms with E-state index in [0.29, 0.717) is 29.1 Å². The van der Waals surface area contributed by atoms with Crippen LogP contribution < -0.4 is 0 Å². The van der Waals surface area contributed by atoms with Crippen molar-refractivity contribution in [2.75, 3.05) is 13.2 Å². The Hall–Kier alpha value is -2.24.